The van der Waals surface area contributed by atoms with Gasteiger partial charge in [0.2, 0.25) is 13.1 Å². The molecule has 0 fully saturated rings. The Bertz CT molecular complexity index is 739. The Morgan fingerprint density at radius 2 is 1.20 bits per heavy atom. The van der Waals surface area contributed by atoms with Crippen LogP contribution >= 0.6 is 0 Å². The predicted molar refractivity (Wildman–Crippen MR) is 63.7 cm³/mol. The number of nitrogens with zero attached hydrogens (tertiary/aromatic N) is 2. The third-order valence-corrected chi connectivity index (χ3v) is 2.78. The zero-order valence-corrected chi connectivity index (χ0v) is 10.4. The van der Waals surface area contributed by atoms with Crippen molar-refractivity contribution in [3.05, 3.63) is 68.6 Å². The second-order valence-electron chi connectivity index (χ2n) is 4.36. The second kappa shape index (κ2) is 5.00. The average Bonchev–Trinajstić information content (AvgIpc) is 3.01. The molecular weight excluding hydrogens is 264 g/mol. The summed E-state index contributed by atoms with van der Waals surface area (Å²) in [5, 5.41) is 4.97. The lowest BCUT2D eigenvalue weighted by Crippen LogP contribution is -2.36. The van der Waals surface area contributed by atoms with Gasteiger partial charge in [-0.05, 0) is 10.5 Å². The van der Waals surface area contributed by atoms with Crippen LogP contribution in [0.2, 0.25) is 0 Å². The standard InChI is InChI=1S/C12H10N4O4/c17-11-7-15(13-19-11)5-9-1-2-10(4-3-9)6-16-8-12(18)20-14-16/h1-4,7-8H,5-6H2/p+2. The summed E-state index contributed by atoms with van der Waals surface area (Å²) in [7, 11) is 0. The molecule has 0 aliphatic heterocycles. The molecule has 102 valence electrons. The van der Waals surface area contributed by atoms with Crippen LogP contribution in [0.15, 0.2) is 55.3 Å². The number of hydrogen-bond donors (Lipinski definition) is 2. The van der Waals surface area contributed by atoms with Gasteiger partial charge in [0.15, 0.2) is 0 Å². The van der Waals surface area contributed by atoms with E-state index in [1.165, 1.54) is 12.4 Å². The van der Waals surface area contributed by atoms with E-state index in [0.29, 0.717) is 13.1 Å². The lowest BCUT2D eigenvalue weighted by molar-refractivity contribution is -0.755. The van der Waals surface area contributed by atoms with E-state index in [2.05, 4.69) is 19.6 Å². The van der Waals surface area contributed by atoms with Crippen molar-refractivity contribution in [2.45, 2.75) is 13.1 Å². The highest BCUT2D eigenvalue weighted by Crippen LogP contribution is 2.03. The minimum Gasteiger partial charge on any atom is -0.284 e. The van der Waals surface area contributed by atoms with Crippen LogP contribution < -0.4 is 20.6 Å². The lowest BCUT2D eigenvalue weighted by atomic mass is 10.1. The number of rotatable bonds is 4. The van der Waals surface area contributed by atoms with Crippen molar-refractivity contribution in [3.63, 3.8) is 0 Å². The number of aromatic nitrogens is 4. The van der Waals surface area contributed by atoms with Gasteiger partial charge in [0, 0.05) is 11.1 Å². The van der Waals surface area contributed by atoms with Gasteiger partial charge in [-0.2, -0.15) is 0 Å². The van der Waals surface area contributed by atoms with Gasteiger partial charge in [-0.1, -0.05) is 33.6 Å². The molecule has 0 bridgehead atoms. The highest BCUT2D eigenvalue weighted by atomic mass is 16.5. The van der Waals surface area contributed by atoms with Gasteiger partial charge in [-0.25, -0.2) is 9.59 Å². The maximum Gasteiger partial charge on any atom is 0.426 e. The molecule has 0 saturated heterocycles. The van der Waals surface area contributed by atoms with Crippen LogP contribution in [0.25, 0.3) is 0 Å². The van der Waals surface area contributed by atoms with E-state index in [1.807, 2.05) is 24.3 Å². The van der Waals surface area contributed by atoms with Gasteiger partial charge >= 0.3 is 11.3 Å². The summed E-state index contributed by atoms with van der Waals surface area (Å²) in [6.45, 7) is 1.03. The lowest BCUT2D eigenvalue weighted by Gasteiger charge is -1.96. The van der Waals surface area contributed by atoms with Crippen molar-refractivity contribution in [1.29, 1.82) is 0 Å². The van der Waals surface area contributed by atoms with Gasteiger partial charge in [0.1, 0.15) is 0 Å². The first-order chi connectivity index (χ1) is 9.69. The molecule has 3 aromatic rings. The first-order valence-corrected chi connectivity index (χ1v) is 5.93. The molecule has 2 aromatic heterocycles. The van der Waals surface area contributed by atoms with Gasteiger partial charge in [0.05, 0.1) is 0 Å². The summed E-state index contributed by atoms with van der Waals surface area (Å²) in [5.74, 6) is 0. The van der Waals surface area contributed by atoms with E-state index in [4.69, 9.17) is 0 Å². The maximum atomic E-state index is 10.9. The Labute approximate surface area is 111 Å². The van der Waals surface area contributed by atoms with Crippen LogP contribution in [0.4, 0.5) is 0 Å². The largest absolute Gasteiger partial charge is 0.426 e. The molecule has 20 heavy (non-hydrogen) atoms. The van der Waals surface area contributed by atoms with Crippen LogP contribution in [0.5, 0.6) is 0 Å². The fraction of sp³-hybridized carbons (Fsp3) is 0.167. The molecule has 0 amide bonds. The fourth-order valence-electron chi connectivity index (χ4n) is 1.87. The highest BCUT2D eigenvalue weighted by Gasteiger charge is 2.09. The molecule has 0 atom stereocenters. The number of benzene rings is 1. The Morgan fingerprint density at radius 1 is 0.800 bits per heavy atom. The van der Waals surface area contributed by atoms with Gasteiger partial charge in [-0.15, -0.1) is 0 Å². The third-order valence-electron chi connectivity index (χ3n) is 2.78. The molecule has 0 unspecified atom stereocenters. The van der Waals surface area contributed by atoms with Gasteiger partial charge < -0.3 is 0 Å². The normalized spacial score (nSPS) is 10.8. The second-order valence-corrected chi connectivity index (χ2v) is 4.36. The van der Waals surface area contributed by atoms with E-state index in [0.717, 1.165) is 11.1 Å². The number of aromatic amines is 2. The Morgan fingerprint density at radius 3 is 1.50 bits per heavy atom. The molecule has 2 heterocycles. The Kier molecular flexibility index (Phi) is 3.04. The van der Waals surface area contributed by atoms with E-state index >= 15 is 0 Å². The molecule has 8 heteroatoms. The minimum atomic E-state index is -0.415. The first kappa shape index (κ1) is 12.2. The van der Waals surface area contributed by atoms with Crippen LogP contribution in [0.3, 0.4) is 0 Å². The van der Waals surface area contributed by atoms with Crippen molar-refractivity contribution in [1.82, 2.24) is 10.5 Å². The molecule has 0 aliphatic rings. The molecule has 3 rings (SSSR count). The van der Waals surface area contributed by atoms with Crippen molar-refractivity contribution < 1.29 is 18.4 Å². The maximum absolute atomic E-state index is 10.9. The van der Waals surface area contributed by atoms with E-state index in [9.17, 15) is 9.59 Å². The number of hydrogen-bond acceptors (Lipinski definition) is 4. The SMILES string of the molecule is O=c1c[n+](Cc2ccc(C[n+]3cc(=O)o[nH]3)cc2)[nH]o1. The number of nitrogens with one attached hydrogen (secondary N) is 2. The summed E-state index contributed by atoms with van der Waals surface area (Å²) in [6, 6.07) is 7.75. The molecule has 0 spiro atoms. The summed E-state index contributed by atoms with van der Waals surface area (Å²) >= 11 is 0. The topological polar surface area (TPSA) is 99.8 Å². The van der Waals surface area contributed by atoms with Crippen molar-refractivity contribution in [3.8, 4) is 0 Å². The van der Waals surface area contributed by atoms with Crippen molar-refractivity contribution in [2.75, 3.05) is 0 Å². The van der Waals surface area contributed by atoms with Crippen molar-refractivity contribution in [2.24, 2.45) is 0 Å². The van der Waals surface area contributed by atoms with Crippen LogP contribution in [0.1, 0.15) is 11.1 Å². The van der Waals surface area contributed by atoms with Crippen LogP contribution in [-0.4, -0.2) is 10.5 Å². The molecule has 0 radical (unpaired) electrons. The molecular formula is C12H12N4O4+2. The van der Waals surface area contributed by atoms with E-state index < -0.39 is 11.3 Å². The fourth-order valence-corrected chi connectivity index (χ4v) is 1.87. The minimum absolute atomic E-state index is 0.415. The van der Waals surface area contributed by atoms with E-state index in [-0.39, 0.29) is 0 Å². The smallest absolute Gasteiger partial charge is 0.284 e. The molecule has 0 aliphatic carbocycles. The predicted octanol–water partition coefficient (Wildman–Crippen LogP) is -1.08. The zero-order valence-electron chi connectivity index (χ0n) is 10.4. The molecule has 2 N–H and O–H groups in total. The Balaban J connectivity index is 1.71. The monoisotopic (exact) mass is 276 g/mol. The summed E-state index contributed by atoms with van der Waals surface area (Å²) in [5.41, 5.74) is 1.20. The van der Waals surface area contributed by atoms with Crippen LogP contribution in [-0.2, 0) is 13.1 Å². The highest BCUT2D eigenvalue weighted by molar-refractivity contribution is 5.21. The molecule has 0 saturated carbocycles. The van der Waals surface area contributed by atoms with Gasteiger partial charge in [0.25, 0.3) is 12.4 Å². The van der Waals surface area contributed by atoms with Crippen molar-refractivity contribution >= 4 is 0 Å². The average molecular weight is 276 g/mol. The molecule has 8 nitrogen and oxygen atoms in total. The number of H-pyrrole nitrogens is 2. The third kappa shape index (κ3) is 2.74. The summed E-state index contributed by atoms with van der Waals surface area (Å²) < 4.78 is 12.3. The molecule has 1 aromatic carbocycles. The zero-order chi connectivity index (χ0) is 13.9. The first-order valence-electron chi connectivity index (χ1n) is 5.93. The van der Waals surface area contributed by atoms with Crippen LogP contribution in [0, 0.1) is 0 Å². The van der Waals surface area contributed by atoms with Gasteiger partial charge in [-0.3, -0.25) is 9.05 Å². The Hall–Kier alpha value is -2.90. The summed E-state index contributed by atoms with van der Waals surface area (Å²) in [4.78, 5) is 21.8. The van der Waals surface area contributed by atoms with E-state index in [1.54, 1.807) is 9.36 Å². The quantitative estimate of drug-likeness (QED) is 0.592. The summed E-state index contributed by atoms with van der Waals surface area (Å²) in [6.07, 6.45) is 2.69.